The maximum atomic E-state index is 12.2. The van der Waals surface area contributed by atoms with Crippen molar-refractivity contribution < 1.29 is 28.6 Å². The van der Waals surface area contributed by atoms with Gasteiger partial charge in [0.25, 0.3) is 11.8 Å². The van der Waals surface area contributed by atoms with Crippen molar-refractivity contribution in [3.8, 4) is 11.5 Å². The van der Waals surface area contributed by atoms with Crippen molar-refractivity contribution >= 4 is 17.8 Å². The van der Waals surface area contributed by atoms with Crippen molar-refractivity contribution in [1.82, 2.24) is 5.32 Å². The van der Waals surface area contributed by atoms with E-state index in [9.17, 15) is 14.4 Å². The SMILES string of the molecule is CCc1ccc(C(C)NC(=O)COC(=O)c2ccc(OCC(N)=O)c(OC)c2)cc1. The van der Waals surface area contributed by atoms with Gasteiger partial charge >= 0.3 is 5.97 Å². The molecule has 0 heterocycles. The molecule has 3 N–H and O–H groups in total. The van der Waals surface area contributed by atoms with Crippen molar-refractivity contribution in [1.29, 1.82) is 0 Å². The Balaban J connectivity index is 1.90. The fraction of sp³-hybridized carbons (Fsp3) is 0.318. The van der Waals surface area contributed by atoms with E-state index in [0.29, 0.717) is 0 Å². The lowest BCUT2D eigenvalue weighted by molar-refractivity contribution is -0.125. The van der Waals surface area contributed by atoms with Crippen molar-refractivity contribution in [2.75, 3.05) is 20.3 Å². The lowest BCUT2D eigenvalue weighted by atomic mass is 10.1. The van der Waals surface area contributed by atoms with E-state index in [1.807, 2.05) is 31.2 Å². The highest BCUT2D eigenvalue weighted by Crippen LogP contribution is 2.28. The monoisotopic (exact) mass is 414 g/mol. The molecule has 0 aliphatic rings. The van der Waals surface area contributed by atoms with Crippen LogP contribution < -0.4 is 20.5 Å². The van der Waals surface area contributed by atoms with Gasteiger partial charge in [-0.25, -0.2) is 4.79 Å². The van der Waals surface area contributed by atoms with Gasteiger partial charge in [-0.05, 0) is 42.7 Å². The number of carbonyl (C=O) groups excluding carboxylic acids is 3. The predicted molar refractivity (Wildman–Crippen MR) is 110 cm³/mol. The van der Waals surface area contributed by atoms with Crippen molar-refractivity contribution in [3.05, 3.63) is 59.2 Å². The molecule has 0 aliphatic heterocycles. The Bertz CT molecular complexity index is 895. The van der Waals surface area contributed by atoms with Gasteiger partial charge in [-0.2, -0.15) is 0 Å². The number of carbonyl (C=O) groups is 3. The molecular weight excluding hydrogens is 388 g/mol. The molecule has 8 heteroatoms. The Morgan fingerprint density at radius 3 is 2.33 bits per heavy atom. The van der Waals surface area contributed by atoms with E-state index < -0.39 is 24.4 Å². The average Bonchev–Trinajstić information content (AvgIpc) is 2.75. The molecule has 1 atom stereocenters. The van der Waals surface area contributed by atoms with Crippen LogP contribution in [0.2, 0.25) is 0 Å². The molecule has 0 saturated heterocycles. The number of nitrogens with two attached hydrogens (primary N) is 1. The van der Waals surface area contributed by atoms with Gasteiger partial charge in [-0.3, -0.25) is 9.59 Å². The van der Waals surface area contributed by atoms with Crippen LogP contribution in [0.3, 0.4) is 0 Å². The summed E-state index contributed by atoms with van der Waals surface area (Å²) in [6.45, 7) is 3.19. The lowest BCUT2D eigenvalue weighted by Gasteiger charge is -2.15. The fourth-order valence-corrected chi connectivity index (χ4v) is 2.69. The molecule has 0 spiro atoms. The second-order valence-electron chi connectivity index (χ2n) is 6.58. The van der Waals surface area contributed by atoms with Gasteiger partial charge in [0.1, 0.15) is 0 Å². The summed E-state index contributed by atoms with van der Waals surface area (Å²) in [7, 11) is 1.39. The zero-order valence-electron chi connectivity index (χ0n) is 17.3. The first-order valence-electron chi connectivity index (χ1n) is 9.48. The number of hydrogen-bond acceptors (Lipinski definition) is 6. The van der Waals surface area contributed by atoms with E-state index in [2.05, 4.69) is 12.2 Å². The summed E-state index contributed by atoms with van der Waals surface area (Å²) in [4.78, 5) is 35.2. The topological polar surface area (TPSA) is 117 Å². The first-order valence-corrected chi connectivity index (χ1v) is 9.48. The molecule has 0 fully saturated rings. The number of nitrogens with one attached hydrogen (secondary N) is 1. The largest absolute Gasteiger partial charge is 0.493 e. The smallest absolute Gasteiger partial charge is 0.338 e. The highest BCUT2D eigenvalue weighted by molar-refractivity contribution is 5.92. The van der Waals surface area contributed by atoms with Crippen molar-refractivity contribution in [2.45, 2.75) is 26.3 Å². The molecule has 2 amide bonds. The molecule has 30 heavy (non-hydrogen) atoms. The van der Waals surface area contributed by atoms with Crippen molar-refractivity contribution in [3.63, 3.8) is 0 Å². The van der Waals surface area contributed by atoms with Gasteiger partial charge in [0.15, 0.2) is 24.7 Å². The third-order valence-electron chi connectivity index (χ3n) is 4.37. The van der Waals surface area contributed by atoms with Gasteiger partial charge in [0.05, 0.1) is 18.7 Å². The Morgan fingerprint density at radius 1 is 1.03 bits per heavy atom. The molecule has 2 aromatic carbocycles. The average molecular weight is 414 g/mol. The summed E-state index contributed by atoms with van der Waals surface area (Å²) in [5.74, 6) is -1.25. The number of rotatable bonds is 10. The third-order valence-corrected chi connectivity index (χ3v) is 4.37. The van der Waals surface area contributed by atoms with Crippen LogP contribution in [0.4, 0.5) is 0 Å². The van der Waals surface area contributed by atoms with E-state index >= 15 is 0 Å². The standard InChI is InChI=1S/C22H26N2O6/c1-4-15-5-7-16(8-6-15)14(2)24-21(26)13-30-22(27)17-9-10-18(19(11-17)28-3)29-12-20(23)25/h5-11,14H,4,12-13H2,1-3H3,(H2,23,25)(H,24,26). The maximum Gasteiger partial charge on any atom is 0.338 e. The van der Waals surface area contributed by atoms with Gasteiger partial charge in [0.2, 0.25) is 0 Å². The zero-order chi connectivity index (χ0) is 22.1. The molecular formula is C22H26N2O6. The number of amides is 2. The van der Waals surface area contributed by atoms with Crippen LogP contribution in [-0.4, -0.2) is 38.1 Å². The van der Waals surface area contributed by atoms with Crippen LogP contribution in [-0.2, 0) is 20.7 Å². The molecule has 0 radical (unpaired) electrons. The normalized spacial score (nSPS) is 11.3. The highest BCUT2D eigenvalue weighted by atomic mass is 16.5. The number of primary amides is 1. The summed E-state index contributed by atoms with van der Waals surface area (Å²) >= 11 is 0. The molecule has 0 aromatic heterocycles. The Labute approximate surface area is 175 Å². The highest BCUT2D eigenvalue weighted by Gasteiger charge is 2.16. The molecule has 8 nitrogen and oxygen atoms in total. The second kappa shape index (κ2) is 10.8. The van der Waals surface area contributed by atoms with Crippen molar-refractivity contribution in [2.24, 2.45) is 5.73 Å². The van der Waals surface area contributed by atoms with Crippen LogP contribution >= 0.6 is 0 Å². The van der Waals surface area contributed by atoms with E-state index in [4.69, 9.17) is 19.9 Å². The molecule has 160 valence electrons. The molecule has 1 unspecified atom stereocenters. The Morgan fingerprint density at radius 2 is 1.73 bits per heavy atom. The number of methoxy groups -OCH3 is 1. The molecule has 0 aliphatic carbocycles. The molecule has 2 rings (SSSR count). The minimum Gasteiger partial charge on any atom is -0.493 e. The van der Waals surface area contributed by atoms with Gasteiger partial charge in [-0.15, -0.1) is 0 Å². The summed E-state index contributed by atoms with van der Waals surface area (Å²) in [6.07, 6.45) is 0.944. The van der Waals surface area contributed by atoms with Crippen LogP contribution in [0.25, 0.3) is 0 Å². The number of ether oxygens (including phenoxy) is 3. The summed E-state index contributed by atoms with van der Waals surface area (Å²) in [5, 5.41) is 2.79. The molecule has 0 bridgehead atoms. The van der Waals surface area contributed by atoms with Crippen LogP contribution in [0.5, 0.6) is 11.5 Å². The lowest BCUT2D eigenvalue weighted by Crippen LogP contribution is -2.31. The van der Waals surface area contributed by atoms with E-state index in [1.165, 1.54) is 30.9 Å². The zero-order valence-corrected chi connectivity index (χ0v) is 17.3. The quantitative estimate of drug-likeness (QED) is 0.576. The maximum absolute atomic E-state index is 12.2. The summed E-state index contributed by atoms with van der Waals surface area (Å²) in [6, 6.07) is 12.0. The van der Waals surface area contributed by atoms with Gasteiger partial charge < -0.3 is 25.3 Å². The second-order valence-corrected chi connectivity index (χ2v) is 6.58. The first kappa shape index (κ1) is 22.7. The number of esters is 1. The number of hydrogen-bond donors (Lipinski definition) is 2. The van der Waals surface area contributed by atoms with Gasteiger partial charge in [-0.1, -0.05) is 31.2 Å². The summed E-state index contributed by atoms with van der Waals surface area (Å²) < 4.78 is 15.4. The van der Waals surface area contributed by atoms with E-state index in [0.717, 1.165) is 12.0 Å². The van der Waals surface area contributed by atoms with Crippen LogP contribution in [0.15, 0.2) is 42.5 Å². The van der Waals surface area contributed by atoms with E-state index in [1.54, 1.807) is 0 Å². The third kappa shape index (κ3) is 6.51. The Hall–Kier alpha value is -3.55. The van der Waals surface area contributed by atoms with E-state index in [-0.39, 0.29) is 29.7 Å². The van der Waals surface area contributed by atoms with Gasteiger partial charge in [0, 0.05) is 0 Å². The summed E-state index contributed by atoms with van der Waals surface area (Å²) in [5.41, 5.74) is 7.40. The van der Waals surface area contributed by atoms with Crippen LogP contribution in [0, 0.1) is 0 Å². The predicted octanol–water partition coefficient (Wildman–Crippen LogP) is 2.16. The first-order chi connectivity index (χ1) is 14.3. The minimum atomic E-state index is -0.690. The molecule has 0 saturated carbocycles. The Kier molecular flexibility index (Phi) is 8.22. The minimum absolute atomic E-state index is 0.175. The number of benzene rings is 2. The number of aryl methyl sites for hydroxylation is 1. The fourth-order valence-electron chi connectivity index (χ4n) is 2.69. The molecule has 2 aromatic rings. The van der Waals surface area contributed by atoms with Crippen LogP contribution in [0.1, 0.15) is 41.4 Å².